The highest BCUT2D eigenvalue weighted by Crippen LogP contribution is 2.26. The van der Waals surface area contributed by atoms with Gasteiger partial charge in [0, 0.05) is 37.1 Å². The molecule has 1 aromatic carbocycles. The van der Waals surface area contributed by atoms with Crippen LogP contribution in [0, 0.1) is 11.8 Å². The first-order valence-corrected chi connectivity index (χ1v) is 10.1. The van der Waals surface area contributed by atoms with Crippen LogP contribution in [-0.2, 0) is 6.42 Å². The van der Waals surface area contributed by atoms with E-state index >= 15 is 0 Å². The standard InChI is InChI=1S/C21H30N6O2/c1-14-11-20(22-2)26-21(24-14)25-17-9-10-19(29-3)15(12-17)7-8-18(27-28)13-23-16-5-4-6-16/h9-12,16,18,23H,4-8,13H2,1-3H3,(H2,22,24,25,26). The van der Waals surface area contributed by atoms with E-state index in [1.807, 2.05) is 38.2 Å². The maximum absolute atomic E-state index is 11.2. The third kappa shape index (κ3) is 5.87. The number of anilines is 3. The van der Waals surface area contributed by atoms with Crippen molar-refractivity contribution < 1.29 is 4.74 Å². The van der Waals surface area contributed by atoms with Crippen molar-refractivity contribution in [2.45, 2.75) is 51.1 Å². The van der Waals surface area contributed by atoms with Crippen LogP contribution < -0.4 is 20.7 Å². The van der Waals surface area contributed by atoms with Crippen LogP contribution in [0.3, 0.4) is 0 Å². The highest BCUT2D eigenvalue weighted by Gasteiger charge is 2.19. The molecule has 1 saturated carbocycles. The first kappa shape index (κ1) is 21.0. The number of hydrogen-bond acceptors (Lipinski definition) is 8. The summed E-state index contributed by atoms with van der Waals surface area (Å²) in [6.45, 7) is 2.57. The highest BCUT2D eigenvalue weighted by molar-refractivity contribution is 5.58. The molecule has 1 aromatic heterocycles. The third-order valence-corrected chi connectivity index (χ3v) is 5.29. The summed E-state index contributed by atoms with van der Waals surface area (Å²) in [5.74, 6) is 2.09. The number of aryl methyl sites for hydroxylation is 2. The van der Waals surface area contributed by atoms with Gasteiger partial charge in [-0.25, -0.2) is 4.98 Å². The molecule has 3 N–H and O–H groups in total. The van der Waals surface area contributed by atoms with Crippen molar-refractivity contribution in [2.75, 3.05) is 31.3 Å². The molecule has 0 aliphatic heterocycles. The fourth-order valence-corrected chi connectivity index (χ4v) is 3.36. The van der Waals surface area contributed by atoms with Gasteiger partial charge in [0.25, 0.3) is 0 Å². The molecule has 8 nitrogen and oxygen atoms in total. The Labute approximate surface area is 171 Å². The largest absolute Gasteiger partial charge is 0.496 e. The van der Waals surface area contributed by atoms with E-state index in [1.165, 1.54) is 19.3 Å². The molecule has 1 aliphatic carbocycles. The molecular formula is C21H30N6O2. The summed E-state index contributed by atoms with van der Waals surface area (Å²) in [6, 6.07) is 8.07. The lowest BCUT2D eigenvalue weighted by Gasteiger charge is -2.27. The molecule has 2 aromatic rings. The summed E-state index contributed by atoms with van der Waals surface area (Å²) in [6.07, 6.45) is 5.05. The molecule has 0 saturated heterocycles. The average Bonchev–Trinajstić information content (AvgIpc) is 2.68. The maximum Gasteiger partial charge on any atom is 0.229 e. The molecule has 1 heterocycles. The molecule has 1 fully saturated rings. The Morgan fingerprint density at radius 2 is 2.10 bits per heavy atom. The van der Waals surface area contributed by atoms with Crippen molar-refractivity contribution in [1.82, 2.24) is 15.3 Å². The average molecular weight is 399 g/mol. The molecule has 0 bridgehead atoms. The zero-order valence-corrected chi connectivity index (χ0v) is 17.4. The topological polar surface area (TPSA) is 101 Å². The van der Waals surface area contributed by atoms with Crippen LogP contribution in [0.4, 0.5) is 17.5 Å². The van der Waals surface area contributed by atoms with E-state index in [0.717, 1.165) is 28.5 Å². The summed E-state index contributed by atoms with van der Waals surface area (Å²) in [4.78, 5) is 20.1. The molecule has 156 valence electrons. The quantitative estimate of drug-likeness (QED) is 0.495. The van der Waals surface area contributed by atoms with Crippen molar-refractivity contribution in [3.8, 4) is 5.75 Å². The van der Waals surface area contributed by atoms with Gasteiger partial charge in [-0.2, -0.15) is 9.89 Å². The van der Waals surface area contributed by atoms with E-state index in [9.17, 15) is 4.91 Å². The summed E-state index contributed by atoms with van der Waals surface area (Å²) >= 11 is 0. The van der Waals surface area contributed by atoms with E-state index in [2.05, 4.69) is 31.1 Å². The minimum absolute atomic E-state index is 0.241. The number of benzene rings is 1. The number of nitroso groups, excluding NO2 is 1. The van der Waals surface area contributed by atoms with Crippen LogP contribution in [0.25, 0.3) is 0 Å². The Morgan fingerprint density at radius 3 is 2.76 bits per heavy atom. The second-order valence-corrected chi connectivity index (χ2v) is 7.45. The molecular weight excluding hydrogens is 368 g/mol. The summed E-state index contributed by atoms with van der Waals surface area (Å²) in [7, 11) is 3.48. The van der Waals surface area contributed by atoms with Gasteiger partial charge in [0.05, 0.1) is 7.11 Å². The van der Waals surface area contributed by atoms with E-state index in [-0.39, 0.29) is 6.04 Å². The van der Waals surface area contributed by atoms with Gasteiger partial charge in [0.2, 0.25) is 5.95 Å². The first-order valence-electron chi connectivity index (χ1n) is 10.1. The van der Waals surface area contributed by atoms with Crippen molar-refractivity contribution in [2.24, 2.45) is 5.18 Å². The second-order valence-electron chi connectivity index (χ2n) is 7.45. The molecule has 0 radical (unpaired) electrons. The number of methoxy groups -OCH3 is 1. The smallest absolute Gasteiger partial charge is 0.229 e. The van der Waals surface area contributed by atoms with E-state index in [4.69, 9.17) is 4.74 Å². The SMILES string of the molecule is CNc1cc(C)nc(Nc2ccc(OC)c(CCC(CNC3CCC3)N=O)c2)n1. The fourth-order valence-electron chi connectivity index (χ4n) is 3.36. The Kier molecular flexibility index (Phi) is 7.35. The number of aromatic nitrogens is 2. The summed E-state index contributed by atoms with van der Waals surface area (Å²) in [5, 5.41) is 13.0. The molecule has 0 spiro atoms. The lowest BCUT2D eigenvalue weighted by Crippen LogP contribution is -2.39. The van der Waals surface area contributed by atoms with Gasteiger partial charge in [0.15, 0.2) is 0 Å². The molecule has 29 heavy (non-hydrogen) atoms. The van der Waals surface area contributed by atoms with Crippen LogP contribution in [-0.4, -0.2) is 42.8 Å². The highest BCUT2D eigenvalue weighted by atomic mass is 16.5. The normalized spacial score (nSPS) is 14.7. The Bertz CT molecular complexity index is 825. The van der Waals surface area contributed by atoms with E-state index in [1.54, 1.807) is 7.11 Å². The molecule has 1 atom stereocenters. The summed E-state index contributed by atoms with van der Waals surface area (Å²) in [5.41, 5.74) is 2.77. The lowest BCUT2D eigenvalue weighted by molar-refractivity contribution is 0.329. The number of rotatable bonds is 11. The predicted octanol–water partition coefficient (Wildman–Crippen LogP) is 3.79. The van der Waals surface area contributed by atoms with Crippen LogP contribution in [0.15, 0.2) is 29.4 Å². The van der Waals surface area contributed by atoms with Crippen molar-refractivity contribution in [3.63, 3.8) is 0 Å². The molecule has 0 amide bonds. The minimum atomic E-state index is -0.241. The van der Waals surface area contributed by atoms with E-state index < -0.39 is 0 Å². The van der Waals surface area contributed by atoms with Gasteiger partial charge in [0.1, 0.15) is 17.6 Å². The Balaban J connectivity index is 1.66. The minimum Gasteiger partial charge on any atom is -0.496 e. The monoisotopic (exact) mass is 398 g/mol. The second kappa shape index (κ2) is 10.2. The van der Waals surface area contributed by atoms with Crippen molar-refractivity contribution in [1.29, 1.82) is 0 Å². The van der Waals surface area contributed by atoms with E-state index in [0.29, 0.717) is 31.4 Å². The fraction of sp³-hybridized carbons (Fsp3) is 0.524. The van der Waals surface area contributed by atoms with Crippen LogP contribution in [0.1, 0.15) is 36.9 Å². The molecule has 3 rings (SSSR count). The van der Waals surface area contributed by atoms with Crippen molar-refractivity contribution >= 4 is 17.5 Å². The number of nitrogens with zero attached hydrogens (tertiary/aromatic N) is 3. The Morgan fingerprint density at radius 1 is 1.28 bits per heavy atom. The molecule has 8 heteroatoms. The zero-order valence-electron chi connectivity index (χ0n) is 17.4. The molecule has 1 unspecified atom stereocenters. The number of nitrogens with one attached hydrogen (secondary N) is 3. The van der Waals surface area contributed by atoms with Gasteiger partial charge in [-0.1, -0.05) is 11.6 Å². The van der Waals surface area contributed by atoms with Gasteiger partial charge in [-0.05, 0) is 56.4 Å². The van der Waals surface area contributed by atoms with Crippen molar-refractivity contribution in [3.05, 3.63) is 40.4 Å². The Hall–Kier alpha value is -2.74. The van der Waals surface area contributed by atoms with Crippen LogP contribution in [0.2, 0.25) is 0 Å². The first-order chi connectivity index (χ1) is 14.1. The molecule has 1 aliphatic rings. The lowest BCUT2D eigenvalue weighted by atomic mass is 9.93. The predicted molar refractivity (Wildman–Crippen MR) is 116 cm³/mol. The zero-order chi connectivity index (χ0) is 20.6. The third-order valence-electron chi connectivity index (χ3n) is 5.29. The van der Waals surface area contributed by atoms with Gasteiger partial charge in [-0.15, -0.1) is 0 Å². The number of hydrogen-bond donors (Lipinski definition) is 3. The van der Waals surface area contributed by atoms with Gasteiger partial charge < -0.3 is 20.7 Å². The van der Waals surface area contributed by atoms with Crippen LogP contribution >= 0.6 is 0 Å². The van der Waals surface area contributed by atoms with Gasteiger partial charge >= 0.3 is 0 Å². The maximum atomic E-state index is 11.2. The number of ether oxygens (including phenoxy) is 1. The van der Waals surface area contributed by atoms with Gasteiger partial charge in [-0.3, -0.25) is 0 Å². The summed E-state index contributed by atoms with van der Waals surface area (Å²) < 4.78 is 5.50. The van der Waals surface area contributed by atoms with Crippen LogP contribution in [0.5, 0.6) is 5.75 Å².